The van der Waals surface area contributed by atoms with Crippen LogP contribution < -0.4 is 5.32 Å². The molecular weight excluding hydrogens is 233 g/mol. The number of phenolic OH excluding ortho intramolecular Hbond substituents is 1. The molecule has 0 fully saturated rings. The highest BCUT2D eigenvalue weighted by Gasteiger charge is 2.10. The van der Waals surface area contributed by atoms with Gasteiger partial charge in [0.05, 0.1) is 0 Å². The van der Waals surface area contributed by atoms with E-state index in [2.05, 4.69) is 15.3 Å². The average Bonchev–Trinajstić information content (AvgIpc) is 2.81. The molecule has 1 aromatic heterocycles. The predicted molar refractivity (Wildman–Crippen MR) is 66.8 cm³/mol. The quantitative estimate of drug-likeness (QED) is 0.761. The monoisotopic (exact) mass is 249 g/mol. The van der Waals surface area contributed by atoms with Crippen molar-refractivity contribution in [3.05, 3.63) is 47.8 Å². The predicted octanol–water partition coefficient (Wildman–Crippen LogP) is 2.15. The first-order valence-corrected chi connectivity index (χ1v) is 5.87. The van der Waals surface area contributed by atoms with Gasteiger partial charge in [0.15, 0.2) is 0 Å². The van der Waals surface area contributed by atoms with Crippen molar-refractivity contribution in [2.45, 2.75) is 19.4 Å². The average molecular weight is 249 g/mol. The van der Waals surface area contributed by atoms with Gasteiger partial charge in [0.1, 0.15) is 17.4 Å². The Hall–Kier alpha value is -1.88. The molecule has 4 nitrogen and oxygen atoms in total. The molecule has 0 radical (unpaired) electrons. The molecule has 96 valence electrons. The van der Waals surface area contributed by atoms with Gasteiger partial charge in [0.25, 0.3) is 0 Å². The van der Waals surface area contributed by atoms with Gasteiger partial charge in [-0.25, -0.2) is 9.37 Å². The minimum absolute atomic E-state index is 0.0204. The van der Waals surface area contributed by atoms with Gasteiger partial charge in [-0.05, 0) is 13.0 Å². The Labute approximate surface area is 105 Å². The van der Waals surface area contributed by atoms with Gasteiger partial charge in [0.2, 0.25) is 0 Å². The second kappa shape index (κ2) is 5.64. The number of aromatic hydroxyl groups is 1. The van der Waals surface area contributed by atoms with Crippen LogP contribution >= 0.6 is 0 Å². The number of aromatic amines is 1. The molecule has 5 heteroatoms. The molecule has 1 aromatic carbocycles. The summed E-state index contributed by atoms with van der Waals surface area (Å²) in [6, 6.07) is 4.02. The van der Waals surface area contributed by atoms with Crippen LogP contribution in [0.4, 0.5) is 4.39 Å². The number of phenols is 1. The van der Waals surface area contributed by atoms with Crippen molar-refractivity contribution in [2.24, 2.45) is 0 Å². The summed E-state index contributed by atoms with van der Waals surface area (Å²) in [5, 5.41) is 12.9. The summed E-state index contributed by atoms with van der Waals surface area (Å²) < 4.78 is 12.9. The van der Waals surface area contributed by atoms with Gasteiger partial charge in [-0.1, -0.05) is 6.07 Å². The van der Waals surface area contributed by atoms with Crippen molar-refractivity contribution in [2.75, 3.05) is 6.54 Å². The second-order valence-corrected chi connectivity index (χ2v) is 4.16. The number of hydrogen-bond donors (Lipinski definition) is 3. The lowest BCUT2D eigenvalue weighted by Crippen LogP contribution is -2.21. The SMILES string of the molecule is CC(NCCc1ncc[nH]1)c1ccc(F)cc1O. The van der Waals surface area contributed by atoms with Crippen molar-refractivity contribution in [1.29, 1.82) is 0 Å². The maximum atomic E-state index is 12.9. The molecule has 1 atom stereocenters. The standard InChI is InChI=1S/C13H16FN3O/c1-9(11-3-2-10(14)8-12(11)18)15-5-4-13-16-6-7-17-13/h2-3,6-9,15,18H,4-5H2,1H3,(H,16,17). The minimum atomic E-state index is -0.431. The molecule has 0 aliphatic rings. The van der Waals surface area contributed by atoms with E-state index in [9.17, 15) is 9.50 Å². The molecule has 0 aliphatic heterocycles. The van der Waals surface area contributed by atoms with Gasteiger partial charge >= 0.3 is 0 Å². The van der Waals surface area contributed by atoms with E-state index in [-0.39, 0.29) is 11.8 Å². The molecule has 3 N–H and O–H groups in total. The summed E-state index contributed by atoms with van der Waals surface area (Å²) in [5.41, 5.74) is 0.691. The highest BCUT2D eigenvalue weighted by atomic mass is 19.1. The van der Waals surface area contributed by atoms with Crippen LogP contribution in [0.5, 0.6) is 5.75 Å². The third kappa shape index (κ3) is 3.07. The fraction of sp³-hybridized carbons (Fsp3) is 0.308. The first-order chi connectivity index (χ1) is 8.66. The van der Waals surface area contributed by atoms with Gasteiger partial charge < -0.3 is 15.4 Å². The summed E-state index contributed by atoms with van der Waals surface area (Å²) in [7, 11) is 0. The molecule has 2 rings (SSSR count). The molecule has 0 bridgehead atoms. The molecule has 0 aliphatic carbocycles. The molecule has 1 unspecified atom stereocenters. The summed E-state index contributed by atoms with van der Waals surface area (Å²) in [6.45, 7) is 2.65. The van der Waals surface area contributed by atoms with Crippen molar-refractivity contribution >= 4 is 0 Å². The van der Waals surface area contributed by atoms with E-state index in [1.54, 1.807) is 18.5 Å². The second-order valence-electron chi connectivity index (χ2n) is 4.16. The smallest absolute Gasteiger partial charge is 0.126 e. The Bertz CT molecular complexity index is 499. The van der Waals surface area contributed by atoms with E-state index in [1.165, 1.54) is 6.07 Å². The third-order valence-electron chi connectivity index (χ3n) is 2.83. The lowest BCUT2D eigenvalue weighted by molar-refractivity contribution is 0.447. The molecule has 1 heterocycles. The molecular formula is C13H16FN3O. The van der Waals surface area contributed by atoms with E-state index in [4.69, 9.17) is 0 Å². The Kier molecular flexibility index (Phi) is 3.94. The first-order valence-electron chi connectivity index (χ1n) is 5.87. The summed E-state index contributed by atoms with van der Waals surface area (Å²) >= 11 is 0. The van der Waals surface area contributed by atoms with E-state index in [0.717, 1.165) is 24.9 Å². The van der Waals surface area contributed by atoms with Crippen LogP contribution in [0.1, 0.15) is 24.4 Å². The Morgan fingerprint density at radius 2 is 2.33 bits per heavy atom. The number of imidazole rings is 1. The van der Waals surface area contributed by atoms with Crippen molar-refractivity contribution in [3.8, 4) is 5.75 Å². The molecule has 18 heavy (non-hydrogen) atoms. The van der Waals surface area contributed by atoms with Crippen molar-refractivity contribution in [1.82, 2.24) is 15.3 Å². The van der Waals surface area contributed by atoms with Crippen molar-refractivity contribution in [3.63, 3.8) is 0 Å². The first kappa shape index (κ1) is 12.6. The lowest BCUT2D eigenvalue weighted by atomic mass is 10.1. The number of aromatic nitrogens is 2. The van der Waals surface area contributed by atoms with Crippen LogP contribution in [-0.4, -0.2) is 21.6 Å². The van der Waals surface area contributed by atoms with Crippen LogP contribution in [0.2, 0.25) is 0 Å². The topological polar surface area (TPSA) is 60.9 Å². The summed E-state index contributed by atoms with van der Waals surface area (Å²) in [6.07, 6.45) is 4.27. The molecule has 0 spiro atoms. The molecule has 2 aromatic rings. The normalized spacial score (nSPS) is 12.6. The molecule has 0 amide bonds. The largest absolute Gasteiger partial charge is 0.508 e. The van der Waals surface area contributed by atoms with Gasteiger partial charge in [0, 0.05) is 43.0 Å². The molecule has 0 saturated carbocycles. The summed E-state index contributed by atoms with van der Waals surface area (Å²) in [4.78, 5) is 7.14. The number of benzene rings is 1. The third-order valence-corrected chi connectivity index (χ3v) is 2.83. The zero-order valence-corrected chi connectivity index (χ0v) is 10.2. The van der Waals surface area contributed by atoms with Gasteiger partial charge in [-0.2, -0.15) is 0 Å². The Morgan fingerprint density at radius 3 is 3.00 bits per heavy atom. The Balaban J connectivity index is 1.89. The van der Waals surface area contributed by atoms with Crippen LogP contribution in [-0.2, 0) is 6.42 Å². The van der Waals surface area contributed by atoms with Crippen LogP contribution in [0.3, 0.4) is 0 Å². The van der Waals surface area contributed by atoms with Crippen LogP contribution in [0.25, 0.3) is 0 Å². The summed E-state index contributed by atoms with van der Waals surface area (Å²) in [5.74, 6) is 0.463. The fourth-order valence-corrected chi connectivity index (χ4v) is 1.83. The van der Waals surface area contributed by atoms with E-state index in [0.29, 0.717) is 5.56 Å². The van der Waals surface area contributed by atoms with Gasteiger partial charge in [-0.15, -0.1) is 0 Å². The van der Waals surface area contributed by atoms with E-state index in [1.807, 2.05) is 6.92 Å². The fourth-order valence-electron chi connectivity index (χ4n) is 1.83. The zero-order valence-electron chi connectivity index (χ0n) is 10.2. The zero-order chi connectivity index (χ0) is 13.0. The molecule has 0 saturated heterocycles. The highest BCUT2D eigenvalue weighted by Crippen LogP contribution is 2.24. The van der Waals surface area contributed by atoms with E-state index >= 15 is 0 Å². The number of hydrogen-bond acceptors (Lipinski definition) is 3. The Morgan fingerprint density at radius 1 is 1.50 bits per heavy atom. The van der Waals surface area contributed by atoms with Crippen LogP contribution in [0, 0.1) is 5.82 Å². The lowest BCUT2D eigenvalue weighted by Gasteiger charge is -2.15. The van der Waals surface area contributed by atoms with Crippen LogP contribution in [0.15, 0.2) is 30.6 Å². The number of nitrogens with zero attached hydrogens (tertiary/aromatic N) is 1. The number of nitrogens with one attached hydrogen (secondary N) is 2. The maximum absolute atomic E-state index is 12.9. The minimum Gasteiger partial charge on any atom is -0.508 e. The van der Waals surface area contributed by atoms with Gasteiger partial charge in [-0.3, -0.25) is 0 Å². The van der Waals surface area contributed by atoms with E-state index < -0.39 is 5.82 Å². The number of halogens is 1. The maximum Gasteiger partial charge on any atom is 0.126 e. The highest BCUT2D eigenvalue weighted by molar-refractivity contribution is 5.34. The number of rotatable bonds is 5. The number of H-pyrrole nitrogens is 1. The van der Waals surface area contributed by atoms with Crippen molar-refractivity contribution < 1.29 is 9.50 Å².